The van der Waals surface area contributed by atoms with Gasteiger partial charge in [0.1, 0.15) is 0 Å². The second kappa shape index (κ2) is 8.64. The van der Waals surface area contributed by atoms with Gasteiger partial charge in [-0.2, -0.15) is 4.98 Å². The van der Waals surface area contributed by atoms with E-state index in [4.69, 9.17) is 10.1 Å². The van der Waals surface area contributed by atoms with Gasteiger partial charge in [-0.25, -0.2) is 9.50 Å². The zero-order chi connectivity index (χ0) is 23.0. The lowest BCUT2D eigenvalue weighted by molar-refractivity contribution is -0.134. The fourth-order valence-electron chi connectivity index (χ4n) is 4.71. The highest BCUT2D eigenvalue weighted by Crippen LogP contribution is 2.26. The molecular weight excluding hydrogens is 398 g/mol. The van der Waals surface area contributed by atoms with Gasteiger partial charge < -0.3 is 4.90 Å². The van der Waals surface area contributed by atoms with Crippen LogP contribution < -0.4 is 0 Å². The van der Waals surface area contributed by atoms with Crippen molar-refractivity contribution in [3.8, 4) is 11.4 Å². The summed E-state index contributed by atoms with van der Waals surface area (Å²) in [4.78, 5) is 24.6. The highest BCUT2D eigenvalue weighted by Gasteiger charge is 2.27. The van der Waals surface area contributed by atoms with Crippen LogP contribution in [0.15, 0.2) is 24.3 Å². The van der Waals surface area contributed by atoms with Crippen LogP contribution in [-0.2, 0) is 16.6 Å². The maximum absolute atomic E-state index is 13.2. The first kappa shape index (κ1) is 22.4. The lowest BCUT2D eigenvalue weighted by Gasteiger charge is -2.35. The minimum atomic E-state index is 0.104. The molecule has 0 saturated carbocycles. The van der Waals surface area contributed by atoms with Crippen LogP contribution in [0.4, 0.5) is 0 Å². The Balaban J connectivity index is 1.64. The molecule has 0 N–H and O–H groups in total. The van der Waals surface area contributed by atoms with Gasteiger partial charge in [-0.1, -0.05) is 52.0 Å². The summed E-state index contributed by atoms with van der Waals surface area (Å²) in [6.45, 7) is 13.6. The normalized spacial score (nSPS) is 17.2. The molecule has 1 atom stereocenters. The van der Waals surface area contributed by atoms with E-state index in [1.165, 1.54) is 12.0 Å². The van der Waals surface area contributed by atoms with Gasteiger partial charge in [0.15, 0.2) is 5.82 Å². The monoisotopic (exact) mass is 433 g/mol. The van der Waals surface area contributed by atoms with Crippen LogP contribution in [-0.4, -0.2) is 43.0 Å². The number of aromatic nitrogens is 4. The Morgan fingerprint density at radius 2 is 1.81 bits per heavy atom. The fourth-order valence-corrected chi connectivity index (χ4v) is 4.71. The fraction of sp³-hybridized carbons (Fsp3) is 0.538. The Labute approximate surface area is 191 Å². The van der Waals surface area contributed by atoms with Crippen LogP contribution in [0.2, 0.25) is 0 Å². The number of aryl methyl sites for hydroxylation is 2. The largest absolute Gasteiger partial charge is 0.339 e. The van der Waals surface area contributed by atoms with Gasteiger partial charge >= 0.3 is 0 Å². The molecule has 0 aliphatic carbocycles. The van der Waals surface area contributed by atoms with E-state index in [2.05, 4.69) is 61.8 Å². The maximum Gasteiger partial charge on any atom is 0.253 e. The number of benzene rings is 1. The minimum absolute atomic E-state index is 0.104. The summed E-state index contributed by atoms with van der Waals surface area (Å²) in [6.07, 6.45) is 4.80. The third kappa shape index (κ3) is 4.27. The number of rotatable bonds is 4. The zero-order valence-corrected chi connectivity index (χ0v) is 20.3. The average molecular weight is 434 g/mol. The number of hydrogen-bond acceptors (Lipinski definition) is 4. The molecule has 4 rings (SSSR count). The molecule has 3 aromatic rings. The summed E-state index contributed by atoms with van der Waals surface area (Å²) >= 11 is 0. The third-order valence-electron chi connectivity index (χ3n) is 6.80. The number of piperidine rings is 1. The van der Waals surface area contributed by atoms with Gasteiger partial charge in [0.25, 0.3) is 5.78 Å². The molecule has 1 aromatic carbocycles. The zero-order valence-electron chi connectivity index (χ0n) is 20.3. The molecule has 6 heteroatoms. The number of carbonyl (C=O) groups is 1. The summed E-state index contributed by atoms with van der Waals surface area (Å²) in [5.41, 5.74) is 5.11. The number of fused-ring (bicyclic) bond motifs is 1. The summed E-state index contributed by atoms with van der Waals surface area (Å²) < 4.78 is 1.79. The molecule has 1 amide bonds. The quantitative estimate of drug-likeness (QED) is 0.578. The summed E-state index contributed by atoms with van der Waals surface area (Å²) in [5.74, 6) is 1.43. The van der Waals surface area contributed by atoms with Crippen LogP contribution >= 0.6 is 0 Å². The third-order valence-corrected chi connectivity index (χ3v) is 6.80. The first-order chi connectivity index (χ1) is 15.2. The summed E-state index contributed by atoms with van der Waals surface area (Å²) in [6, 6.07) is 8.79. The van der Waals surface area contributed by atoms with Crippen LogP contribution in [0.1, 0.15) is 75.9 Å². The van der Waals surface area contributed by atoms with Gasteiger partial charge in [0, 0.05) is 35.1 Å². The Morgan fingerprint density at radius 1 is 1.09 bits per heavy atom. The molecule has 170 valence electrons. The van der Waals surface area contributed by atoms with E-state index in [0.717, 1.165) is 48.3 Å². The van der Waals surface area contributed by atoms with E-state index in [1.54, 1.807) is 4.52 Å². The molecule has 0 spiro atoms. The van der Waals surface area contributed by atoms with Crippen molar-refractivity contribution in [2.24, 2.45) is 0 Å². The Hall–Kier alpha value is -2.76. The van der Waals surface area contributed by atoms with Crippen molar-refractivity contribution in [1.82, 2.24) is 24.5 Å². The minimum Gasteiger partial charge on any atom is -0.339 e. The van der Waals surface area contributed by atoms with Crippen LogP contribution in [0, 0.1) is 13.8 Å². The van der Waals surface area contributed by atoms with E-state index in [-0.39, 0.29) is 11.3 Å². The predicted molar refractivity (Wildman–Crippen MR) is 128 cm³/mol. The number of carbonyl (C=O) groups excluding carboxylic acids is 1. The number of amides is 1. The second-order valence-electron chi connectivity index (χ2n) is 10.1. The first-order valence-corrected chi connectivity index (χ1v) is 11.8. The first-order valence-electron chi connectivity index (χ1n) is 11.8. The van der Waals surface area contributed by atoms with Crippen molar-refractivity contribution in [2.45, 2.75) is 85.1 Å². The van der Waals surface area contributed by atoms with Crippen LogP contribution in [0.5, 0.6) is 0 Å². The molecule has 1 saturated heterocycles. The molecule has 1 aliphatic heterocycles. The number of hydrogen-bond donors (Lipinski definition) is 0. The predicted octanol–water partition coefficient (Wildman–Crippen LogP) is 5.04. The van der Waals surface area contributed by atoms with E-state index in [0.29, 0.717) is 24.1 Å². The van der Waals surface area contributed by atoms with Crippen molar-refractivity contribution < 1.29 is 4.79 Å². The molecule has 1 fully saturated rings. The van der Waals surface area contributed by atoms with Gasteiger partial charge in [0.2, 0.25) is 5.91 Å². The Morgan fingerprint density at radius 3 is 2.47 bits per heavy atom. The molecule has 0 unspecified atom stereocenters. The molecule has 32 heavy (non-hydrogen) atoms. The standard InChI is InChI=1S/C26H35N5O/c1-7-21-10-8-9-15-30(21)23(32)16-22-17(2)27-25-28-24(29-31(25)18(22)3)19-11-13-20(14-12-19)26(4,5)6/h11-14,21H,7-10,15-16H2,1-6H3/t21-/m1/s1. The Bertz CT molecular complexity index is 1120. The molecule has 2 aromatic heterocycles. The van der Waals surface area contributed by atoms with Crippen LogP contribution in [0.3, 0.4) is 0 Å². The molecule has 3 heterocycles. The molecule has 1 aliphatic rings. The number of nitrogens with zero attached hydrogens (tertiary/aromatic N) is 5. The lowest BCUT2D eigenvalue weighted by atomic mass is 9.87. The second-order valence-corrected chi connectivity index (χ2v) is 10.1. The highest BCUT2D eigenvalue weighted by atomic mass is 16.2. The molecule has 0 bridgehead atoms. The SMILES string of the molecule is CC[C@@H]1CCCCN1C(=O)Cc1c(C)nc2nc(-c3ccc(C(C)(C)C)cc3)nn2c1C. The van der Waals surface area contributed by atoms with Gasteiger partial charge in [-0.3, -0.25) is 4.79 Å². The van der Waals surface area contributed by atoms with Gasteiger partial charge in [-0.15, -0.1) is 5.10 Å². The maximum atomic E-state index is 13.2. The molecule has 0 radical (unpaired) electrons. The average Bonchev–Trinajstić information content (AvgIpc) is 3.20. The smallest absolute Gasteiger partial charge is 0.253 e. The van der Waals surface area contributed by atoms with Crippen LogP contribution in [0.25, 0.3) is 17.2 Å². The van der Waals surface area contributed by atoms with Crippen molar-refractivity contribution in [3.05, 3.63) is 46.8 Å². The van der Waals surface area contributed by atoms with Gasteiger partial charge in [-0.05, 0) is 50.5 Å². The summed E-state index contributed by atoms with van der Waals surface area (Å²) in [5, 5.41) is 4.75. The topological polar surface area (TPSA) is 63.4 Å². The highest BCUT2D eigenvalue weighted by molar-refractivity contribution is 5.80. The lowest BCUT2D eigenvalue weighted by Crippen LogP contribution is -2.44. The van der Waals surface area contributed by atoms with E-state index in [1.807, 2.05) is 13.8 Å². The number of likely N-dealkylation sites (tertiary alicyclic amines) is 1. The van der Waals surface area contributed by atoms with E-state index < -0.39 is 0 Å². The molecule has 6 nitrogen and oxygen atoms in total. The van der Waals surface area contributed by atoms with Crippen molar-refractivity contribution in [3.63, 3.8) is 0 Å². The van der Waals surface area contributed by atoms with E-state index in [9.17, 15) is 4.79 Å². The van der Waals surface area contributed by atoms with Gasteiger partial charge in [0.05, 0.1) is 6.42 Å². The van der Waals surface area contributed by atoms with Crippen molar-refractivity contribution >= 4 is 11.7 Å². The van der Waals surface area contributed by atoms with Crippen molar-refractivity contribution in [1.29, 1.82) is 0 Å². The summed E-state index contributed by atoms with van der Waals surface area (Å²) in [7, 11) is 0. The van der Waals surface area contributed by atoms with Crippen molar-refractivity contribution in [2.75, 3.05) is 6.54 Å². The van der Waals surface area contributed by atoms with E-state index >= 15 is 0 Å². The Kier molecular flexibility index (Phi) is 6.06. The molecular formula is C26H35N5O.